The van der Waals surface area contributed by atoms with E-state index in [2.05, 4.69) is 34.2 Å². The van der Waals surface area contributed by atoms with Crippen molar-refractivity contribution < 1.29 is 9.47 Å². The fraction of sp³-hybridized carbons (Fsp3) is 0.533. The number of nitrogens with one attached hydrogen (secondary N) is 1. The Morgan fingerprint density at radius 3 is 2.23 bits per heavy atom. The first-order valence-corrected chi connectivity index (χ1v) is 7.26. The molecule has 7 nitrogen and oxygen atoms in total. The standard InChI is InChI=1S/C15H23N5O2/c1-10-11(2)19-20(12(10)3)8-6-7-16-15-17-13(21-4)9-14(18-15)22-5/h9H,6-8H2,1-5H3,(H,16,17,18). The predicted molar refractivity (Wildman–Crippen MR) is 84.7 cm³/mol. The Bertz CT molecular complexity index is 617. The van der Waals surface area contributed by atoms with Gasteiger partial charge in [0.2, 0.25) is 17.7 Å². The van der Waals surface area contributed by atoms with Gasteiger partial charge in [0, 0.05) is 18.8 Å². The summed E-state index contributed by atoms with van der Waals surface area (Å²) in [5.41, 5.74) is 3.57. The average molecular weight is 305 g/mol. The van der Waals surface area contributed by atoms with Gasteiger partial charge in [-0.1, -0.05) is 0 Å². The van der Waals surface area contributed by atoms with Gasteiger partial charge in [0.05, 0.1) is 26.0 Å². The first-order chi connectivity index (χ1) is 10.5. The third kappa shape index (κ3) is 3.66. The van der Waals surface area contributed by atoms with Crippen molar-refractivity contribution in [3.63, 3.8) is 0 Å². The molecule has 2 heterocycles. The van der Waals surface area contributed by atoms with Crippen molar-refractivity contribution in [3.05, 3.63) is 23.0 Å². The lowest BCUT2D eigenvalue weighted by Crippen LogP contribution is -2.11. The van der Waals surface area contributed by atoms with E-state index in [-0.39, 0.29) is 0 Å². The van der Waals surface area contributed by atoms with Gasteiger partial charge in [0.15, 0.2) is 0 Å². The van der Waals surface area contributed by atoms with E-state index in [9.17, 15) is 0 Å². The quantitative estimate of drug-likeness (QED) is 0.790. The summed E-state index contributed by atoms with van der Waals surface area (Å²) in [6, 6.07) is 1.64. The number of methoxy groups -OCH3 is 2. The molecule has 0 fully saturated rings. The monoisotopic (exact) mass is 305 g/mol. The van der Waals surface area contributed by atoms with Gasteiger partial charge in [0.1, 0.15) is 0 Å². The van der Waals surface area contributed by atoms with Crippen molar-refractivity contribution in [2.45, 2.75) is 33.7 Å². The van der Waals surface area contributed by atoms with Gasteiger partial charge in [-0.25, -0.2) is 0 Å². The number of ether oxygens (including phenoxy) is 2. The molecule has 2 rings (SSSR count). The maximum atomic E-state index is 5.12. The third-order valence-corrected chi connectivity index (χ3v) is 3.67. The molecule has 2 aromatic rings. The van der Waals surface area contributed by atoms with Gasteiger partial charge in [-0.15, -0.1) is 0 Å². The van der Waals surface area contributed by atoms with Crippen LogP contribution in [0.15, 0.2) is 6.07 Å². The van der Waals surface area contributed by atoms with Crippen LogP contribution in [0.1, 0.15) is 23.4 Å². The molecule has 0 spiro atoms. The van der Waals surface area contributed by atoms with Crippen LogP contribution in [0.5, 0.6) is 11.8 Å². The largest absolute Gasteiger partial charge is 0.481 e. The molecule has 0 saturated heterocycles. The molecule has 0 aliphatic heterocycles. The zero-order chi connectivity index (χ0) is 16.1. The number of nitrogens with zero attached hydrogens (tertiary/aromatic N) is 4. The molecule has 0 unspecified atom stereocenters. The van der Waals surface area contributed by atoms with E-state index in [1.807, 2.05) is 11.6 Å². The molecule has 0 aliphatic carbocycles. The number of hydrogen-bond donors (Lipinski definition) is 1. The fourth-order valence-corrected chi connectivity index (χ4v) is 2.13. The lowest BCUT2D eigenvalue weighted by Gasteiger charge is -2.09. The molecule has 1 N–H and O–H groups in total. The molecule has 0 aromatic carbocycles. The minimum absolute atomic E-state index is 0.475. The smallest absolute Gasteiger partial charge is 0.229 e. The van der Waals surface area contributed by atoms with Crippen molar-refractivity contribution >= 4 is 5.95 Å². The highest BCUT2D eigenvalue weighted by atomic mass is 16.5. The Morgan fingerprint density at radius 2 is 1.73 bits per heavy atom. The molecule has 0 radical (unpaired) electrons. The molecule has 22 heavy (non-hydrogen) atoms. The second-order valence-electron chi connectivity index (χ2n) is 5.08. The van der Waals surface area contributed by atoms with Crippen molar-refractivity contribution in [1.29, 1.82) is 0 Å². The number of hydrogen-bond acceptors (Lipinski definition) is 6. The van der Waals surface area contributed by atoms with Gasteiger partial charge in [0.25, 0.3) is 0 Å². The fourth-order valence-electron chi connectivity index (χ4n) is 2.13. The summed E-state index contributed by atoms with van der Waals surface area (Å²) >= 11 is 0. The van der Waals surface area contributed by atoms with Gasteiger partial charge < -0.3 is 14.8 Å². The zero-order valence-electron chi connectivity index (χ0n) is 13.8. The third-order valence-electron chi connectivity index (χ3n) is 3.67. The first kappa shape index (κ1) is 16.1. The minimum Gasteiger partial charge on any atom is -0.481 e. The molecule has 0 aliphatic rings. The Labute approximate surface area is 130 Å². The summed E-state index contributed by atoms with van der Waals surface area (Å²) in [6.07, 6.45) is 0.921. The number of aryl methyl sites for hydroxylation is 2. The van der Waals surface area contributed by atoms with Crippen LogP contribution in [0.2, 0.25) is 0 Å². The van der Waals surface area contributed by atoms with Crippen LogP contribution in [-0.4, -0.2) is 40.5 Å². The van der Waals surface area contributed by atoms with Crippen LogP contribution in [0.4, 0.5) is 5.95 Å². The van der Waals surface area contributed by atoms with Crippen LogP contribution in [0.3, 0.4) is 0 Å². The second kappa shape index (κ2) is 7.11. The minimum atomic E-state index is 0.475. The Morgan fingerprint density at radius 1 is 1.09 bits per heavy atom. The van der Waals surface area contributed by atoms with Crippen molar-refractivity contribution in [2.24, 2.45) is 0 Å². The summed E-state index contributed by atoms with van der Waals surface area (Å²) in [4.78, 5) is 8.47. The molecule has 0 saturated carbocycles. The van der Waals surface area contributed by atoms with Crippen LogP contribution < -0.4 is 14.8 Å². The molecule has 120 valence electrons. The topological polar surface area (TPSA) is 74.1 Å². The molecule has 7 heteroatoms. The van der Waals surface area contributed by atoms with E-state index in [0.717, 1.165) is 25.2 Å². The Balaban J connectivity index is 1.89. The summed E-state index contributed by atoms with van der Waals surface area (Å²) in [6.45, 7) is 7.83. The molecular weight excluding hydrogens is 282 g/mol. The zero-order valence-corrected chi connectivity index (χ0v) is 13.8. The highest BCUT2D eigenvalue weighted by Crippen LogP contribution is 2.17. The van der Waals surface area contributed by atoms with E-state index < -0.39 is 0 Å². The van der Waals surface area contributed by atoms with E-state index in [1.165, 1.54) is 11.3 Å². The lowest BCUT2D eigenvalue weighted by molar-refractivity contribution is 0.372. The highest BCUT2D eigenvalue weighted by molar-refractivity contribution is 5.33. The molecule has 0 atom stereocenters. The van der Waals surface area contributed by atoms with Crippen LogP contribution in [0, 0.1) is 20.8 Å². The molecule has 0 bridgehead atoms. The number of aromatic nitrogens is 4. The predicted octanol–water partition coefficient (Wildman–Crippen LogP) is 2.12. The number of anilines is 1. The summed E-state index contributed by atoms with van der Waals surface area (Å²) < 4.78 is 12.3. The van der Waals surface area contributed by atoms with Crippen LogP contribution >= 0.6 is 0 Å². The van der Waals surface area contributed by atoms with E-state index in [0.29, 0.717) is 17.7 Å². The maximum Gasteiger partial charge on any atom is 0.229 e. The van der Waals surface area contributed by atoms with Crippen molar-refractivity contribution in [1.82, 2.24) is 19.7 Å². The van der Waals surface area contributed by atoms with Crippen LogP contribution in [-0.2, 0) is 6.54 Å². The Hall–Kier alpha value is -2.31. The van der Waals surface area contributed by atoms with Gasteiger partial charge in [-0.05, 0) is 32.8 Å². The normalized spacial score (nSPS) is 10.6. The molecular formula is C15H23N5O2. The summed E-state index contributed by atoms with van der Waals surface area (Å²) in [5.74, 6) is 1.45. The Kier molecular flexibility index (Phi) is 5.19. The average Bonchev–Trinajstić information content (AvgIpc) is 2.78. The van der Waals surface area contributed by atoms with E-state index in [1.54, 1.807) is 20.3 Å². The summed E-state index contributed by atoms with van der Waals surface area (Å²) in [7, 11) is 3.13. The van der Waals surface area contributed by atoms with Gasteiger partial charge >= 0.3 is 0 Å². The second-order valence-corrected chi connectivity index (χ2v) is 5.08. The lowest BCUT2D eigenvalue weighted by atomic mass is 10.2. The van der Waals surface area contributed by atoms with E-state index in [4.69, 9.17) is 9.47 Å². The van der Waals surface area contributed by atoms with E-state index >= 15 is 0 Å². The molecule has 2 aromatic heterocycles. The summed E-state index contributed by atoms with van der Waals surface area (Å²) in [5, 5.41) is 7.71. The molecule has 0 amide bonds. The van der Waals surface area contributed by atoms with Gasteiger partial charge in [-0.3, -0.25) is 4.68 Å². The van der Waals surface area contributed by atoms with Crippen molar-refractivity contribution in [2.75, 3.05) is 26.1 Å². The SMILES string of the molecule is COc1cc(OC)nc(NCCCn2nc(C)c(C)c2C)n1. The van der Waals surface area contributed by atoms with Gasteiger partial charge in [-0.2, -0.15) is 15.1 Å². The highest BCUT2D eigenvalue weighted by Gasteiger charge is 2.07. The number of rotatable bonds is 7. The first-order valence-electron chi connectivity index (χ1n) is 7.26. The van der Waals surface area contributed by atoms with Crippen LogP contribution in [0.25, 0.3) is 0 Å². The maximum absolute atomic E-state index is 5.12. The van der Waals surface area contributed by atoms with Crippen molar-refractivity contribution in [3.8, 4) is 11.8 Å².